The Kier molecular flexibility index (Phi) is 6.78. The minimum atomic E-state index is -1.06. The largest absolute Gasteiger partial charge is 0.490 e. The second-order valence-corrected chi connectivity index (χ2v) is 6.75. The average Bonchev–Trinajstić information content (AvgIpc) is 2.77. The Labute approximate surface area is 146 Å². The van der Waals surface area contributed by atoms with Crippen LogP contribution in [0.1, 0.15) is 30.6 Å². The quantitative estimate of drug-likeness (QED) is 0.847. The van der Waals surface area contributed by atoms with Crippen LogP contribution in [0.15, 0.2) is 18.2 Å². The molecule has 1 N–H and O–H groups in total. The van der Waals surface area contributed by atoms with E-state index in [0.717, 1.165) is 24.5 Å². The highest BCUT2D eigenvalue weighted by molar-refractivity contribution is 7.99. The van der Waals surface area contributed by atoms with E-state index in [0.29, 0.717) is 23.7 Å². The zero-order valence-corrected chi connectivity index (χ0v) is 14.8. The Morgan fingerprint density at radius 1 is 1.29 bits per heavy atom. The first-order valence-electron chi connectivity index (χ1n) is 8.03. The van der Waals surface area contributed by atoms with Crippen LogP contribution in [0.5, 0.6) is 11.5 Å². The van der Waals surface area contributed by atoms with Gasteiger partial charge in [0.1, 0.15) is 0 Å². The second-order valence-electron chi connectivity index (χ2n) is 5.53. The fraction of sp³-hybridized carbons (Fsp3) is 0.529. The first kappa shape index (κ1) is 18.4. The average molecular weight is 353 g/mol. The van der Waals surface area contributed by atoms with Gasteiger partial charge in [0.15, 0.2) is 18.1 Å². The van der Waals surface area contributed by atoms with Gasteiger partial charge < -0.3 is 19.5 Å². The molecule has 1 unspecified atom stereocenters. The smallest absolute Gasteiger partial charge is 0.341 e. The van der Waals surface area contributed by atoms with Gasteiger partial charge in [-0.05, 0) is 44.2 Å². The van der Waals surface area contributed by atoms with Crippen molar-refractivity contribution in [1.82, 2.24) is 4.90 Å². The van der Waals surface area contributed by atoms with Gasteiger partial charge >= 0.3 is 5.97 Å². The lowest BCUT2D eigenvalue weighted by atomic mass is 10.1. The molecular weight excluding hydrogens is 330 g/mol. The molecule has 0 bridgehead atoms. The molecular formula is C17H23NO5S. The molecule has 1 saturated heterocycles. The number of hydrogen-bond donors (Lipinski definition) is 1. The van der Waals surface area contributed by atoms with Crippen LogP contribution >= 0.6 is 11.8 Å². The summed E-state index contributed by atoms with van der Waals surface area (Å²) < 4.78 is 10.7. The van der Waals surface area contributed by atoms with E-state index >= 15 is 0 Å². The molecule has 7 heteroatoms. The van der Waals surface area contributed by atoms with Crippen molar-refractivity contribution in [2.45, 2.75) is 26.3 Å². The predicted molar refractivity (Wildman–Crippen MR) is 93.2 cm³/mol. The van der Waals surface area contributed by atoms with Crippen LogP contribution in [0, 0.1) is 0 Å². The molecule has 1 heterocycles. The first-order chi connectivity index (χ1) is 11.5. The van der Waals surface area contributed by atoms with Crippen LogP contribution in [0.2, 0.25) is 0 Å². The number of nitrogens with zero attached hydrogens (tertiary/aromatic N) is 1. The monoisotopic (exact) mass is 353 g/mol. The van der Waals surface area contributed by atoms with Crippen LogP contribution in [-0.2, 0) is 4.79 Å². The van der Waals surface area contributed by atoms with Gasteiger partial charge in [-0.15, -0.1) is 0 Å². The number of rotatable bonds is 6. The summed E-state index contributed by atoms with van der Waals surface area (Å²) in [5.41, 5.74) is 0.528. The van der Waals surface area contributed by atoms with Gasteiger partial charge in [0.25, 0.3) is 5.91 Å². The first-order valence-corrected chi connectivity index (χ1v) is 9.18. The highest BCUT2D eigenvalue weighted by Gasteiger charge is 2.24. The van der Waals surface area contributed by atoms with Crippen LogP contribution < -0.4 is 9.47 Å². The van der Waals surface area contributed by atoms with Gasteiger partial charge in [0.2, 0.25) is 0 Å². The van der Waals surface area contributed by atoms with E-state index in [1.807, 2.05) is 23.6 Å². The normalized spacial score (nSPS) is 17.9. The predicted octanol–water partition coefficient (Wildman–Crippen LogP) is 2.52. The van der Waals surface area contributed by atoms with E-state index in [-0.39, 0.29) is 11.9 Å². The Balaban J connectivity index is 2.21. The maximum atomic E-state index is 12.8. The van der Waals surface area contributed by atoms with Gasteiger partial charge in [-0.3, -0.25) is 4.79 Å². The number of thioether (sulfide) groups is 1. The van der Waals surface area contributed by atoms with Crippen LogP contribution in [0.3, 0.4) is 0 Å². The number of carbonyl (C=O) groups is 2. The highest BCUT2D eigenvalue weighted by Crippen LogP contribution is 2.30. The van der Waals surface area contributed by atoms with Crippen LogP contribution in [0.4, 0.5) is 0 Å². The number of ether oxygens (including phenoxy) is 2. The fourth-order valence-electron chi connectivity index (χ4n) is 2.53. The Bertz CT molecular complexity index is 592. The lowest BCUT2D eigenvalue weighted by Gasteiger charge is -2.27. The molecule has 24 heavy (non-hydrogen) atoms. The molecule has 1 aromatic carbocycles. The lowest BCUT2D eigenvalue weighted by molar-refractivity contribution is -0.139. The zero-order valence-electron chi connectivity index (χ0n) is 14.0. The van der Waals surface area contributed by atoms with Crippen molar-refractivity contribution in [3.05, 3.63) is 23.8 Å². The van der Waals surface area contributed by atoms with E-state index in [1.54, 1.807) is 18.2 Å². The molecule has 1 aliphatic heterocycles. The van der Waals surface area contributed by atoms with Gasteiger partial charge in [0.05, 0.1) is 6.61 Å². The van der Waals surface area contributed by atoms with Gasteiger partial charge in [-0.25, -0.2) is 4.79 Å². The third kappa shape index (κ3) is 4.80. The fourth-order valence-corrected chi connectivity index (χ4v) is 3.57. The maximum absolute atomic E-state index is 12.8. The Hall–Kier alpha value is -1.89. The third-order valence-corrected chi connectivity index (χ3v) is 4.79. The van der Waals surface area contributed by atoms with E-state index in [1.165, 1.54) is 0 Å². The number of hydrogen-bond acceptors (Lipinski definition) is 5. The van der Waals surface area contributed by atoms with Crippen LogP contribution in [0.25, 0.3) is 0 Å². The van der Waals surface area contributed by atoms with Gasteiger partial charge in [0, 0.05) is 23.9 Å². The molecule has 0 aromatic heterocycles. The van der Waals surface area contributed by atoms with Crippen molar-refractivity contribution in [3.63, 3.8) is 0 Å². The summed E-state index contributed by atoms with van der Waals surface area (Å²) in [6.07, 6.45) is 0.981. The van der Waals surface area contributed by atoms with Gasteiger partial charge in [-0.2, -0.15) is 11.8 Å². The van der Waals surface area contributed by atoms with E-state index in [4.69, 9.17) is 14.6 Å². The summed E-state index contributed by atoms with van der Waals surface area (Å²) in [6.45, 7) is 4.57. The summed E-state index contributed by atoms with van der Waals surface area (Å²) in [4.78, 5) is 25.4. The minimum Gasteiger partial charge on any atom is -0.490 e. The topological polar surface area (TPSA) is 76.1 Å². The molecule has 0 spiro atoms. The molecule has 1 amide bonds. The molecule has 0 saturated carbocycles. The molecule has 0 radical (unpaired) electrons. The van der Waals surface area contributed by atoms with E-state index < -0.39 is 12.6 Å². The number of carboxylic acid groups (broad SMARTS) is 1. The van der Waals surface area contributed by atoms with Crippen molar-refractivity contribution in [1.29, 1.82) is 0 Å². The molecule has 1 fully saturated rings. The number of amides is 1. The Morgan fingerprint density at radius 2 is 2.08 bits per heavy atom. The molecule has 1 aliphatic rings. The molecule has 1 aromatic rings. The third-order valence-electron chi connectivity index (χ3n) is 3.79. The molecule has 6 nitrogen and oxygen atoms in total. The lowest BCUT2D eigenvalue weighted by Crippen LogP contribution is -2.39. The highest BCUT2D eigenvalue weighted by atomic mass is 32.2. The number of aliphatic carboxylic acids is 1. The summed E-state index contributed by atoms with van der Waals surface area (Å²) in [5, 5.41) is 8.74. The van der Waals surface area contributed by atoms with Crippen molar-refractivity contribution < 1.29 is 24.2 Å². The number of carboxylic acids is 1. The summed E-state index contributed by atoms with van der Waals surface area (Å²) in [7, 11) is 0. The number of benzene rings is 1. The van der Waals surface area contributed by atoms with Crippen molar-refractivity contribution >= 4 is 23.6 Å². The Morgan fingerprint density at radius 3 is 2.79 bits per heavy atom. The molecule has 132 valence electrons. The number of carbonyl (C=O) groups excluding carboxylic acids is 1. The van der Waals surface area contributed by atoms with E-state index in [9.17, 15) is 9.59 Å². The minimum absolute atomic E-state index is 0.0317. The molecule has 0 aliphatic carbocycles. The maximum Gasteiger partial charge on any atom is 0.341 e. The van der Waals surface area contributed by atoms with Crippen LogP contribution in [-0.4, -0.2) is 59.2 Å². The standard InChI is InChI=1S/C17H23NO5S/c1-3-22-15-10-13(4-5-14(15)23-11-16(19)20)17(21)18-7-9-24-8-6-12(18)2/h4-5,10,12H,3,6-9,11H2,1-2H3,(H,19,20). The molecule has 1 atom stereocenters. The van der Waals surface area contributed by atoms with Gasteiger partial charge in [-0.1, -0.05) is 0 Å². The second kappa shape index (κ2) is 8.82. The summed E-state index contributed by atoms with van der Waals surface area (Å²) in [6, 6.07) is 5.09. The van der Waals surface area contributed by atoms with E-state index in [2.05, 4.69) is 6.92 Å². The van der Waals surface area contributed by atoms with Crippen molar-refractivity contribution in [2.75, 3.05) is 31.3 Å². The van der Waals surface area contributed by atoms with Crippen molar-refractivity contribution in [2.24, 2.45) is 0 Å². The van der Waals surface area contributed by atoms with Crippen molar-refractivity contribution in [3.8, 4) is 11.5 Å². The zero-order chi connectivity index (χ0) is 17.5. The summed E-state index contributed by atoms with van der Waals surface area (Å²) >= 11 is 1.86. The summed E-state index contributed by atoms with van der Waals surface area (Å²) in [5.74, 6) is 1.63. The molecule has 2 rings (SSSR count). The SMILES string of the molecule is CCOc1cc(C(=O)N2CCSCCC2C)ccc1OCC(=O)O.